The van der Waals surface area contributed by atoms with Crippen LogP contribution in [-0.4, -0.2) is 72.9 Å². The van der Waals surface area contributed by atoms with Crippen LogP contribution in [0.25, 0.3) is 0 Å². The third-order valence-corrected chi connectivity index (χ3v) is 5.40. The summed E-state index contributed by atoms with van der Waals surface area (Å²) in [6, 6.07) is 8.16. The first-order valence-electron chi connectivity index (χ1n) is 9.85. The van der Waals surface area contributed by atoms with Crippen molar-refractivity contribution in [2.45, 2.75) is 26.8 Å². The van der Waals surface area contributed by atoms with Crippen LogP contribution in [0.1, 0.15) is 23.4 Å². The predicted molar refractivity (Wildman–Crippen MR) is 116 cm³/mol. The Morgan fingerprint density at radius 3 is 2.55 bits per heavy atom. The van der Waals surface area contributed by atoms with E-state index >= 15 is 0 Å². The van der Waals surface area contributed by atoms with E-state index in [1.165, 1.54) is 17.7 Å². The van der Waals surface area contributed by atoms with Crippen molar-refractivity contribution < 1.29 is 14.4 Å². The van der Waals surface area contributed by atoms with E-state index < -0.39 is 0 Å². The first-order valence-corrected chi connectivity index (χ1v) is 10.2. The minimum Gasteiger partial charge on any atom is -0.483 e. The number of hydrogen-bond acceptors (Lipinski definition) is 6. The molecule has 1 fully saturated rings. The summed E-state index contributed by atoms with van der Waals surface area (Å²) in [5.74, 6) is 0.937. The Morgan fingerprint density at radius 2 is 1.97 bits per heavy atom. The van der Waals surface area contributed by atoms with Crippen LogP contribution in [-0.2, 0) is 11.3 Å². The molecule has 1 aromatic carbocycles. The first-order chi connectivity index (χ1) is 13.9. The highest BCUT2D eigenvalue weighted by atomic mass is 35.5. The fourth-order valence-electron chi connectivity index (χ4n) is 3.54. The Balaban J connectivity index is 0.000000941. The predicted octanol–water partition coefficient (Wildman–Crippen LogP) is 3.29. The van der Waals surface area contributed by atoms with Crippen LogP contribution in [0.4, 0.5) is 5.69 Å². The minimum absolute atomic E-state index is 0.250. The van der Waals surface area contributed by atoms with Gasteiger partial charge in [-0.15, -0.1) is 0 Å². The zero-order chi connectivity index (χ0) is 21.2. The number of rotatable bonds is 7. The van der Waals surface area contributed by atoms with Crippen molar-refractivity contribution in [3.05, 3.63) is 46.3 Å². The molecule has 1 aliphatic rings. The number of benzene rings is 1. The molecular formula is C21H31ClN4O3. The van der Waals surface area contributed by atoms with Gasteiger partial charge < -0.3 is 19.4 Å². The second kappa shape index (κ2) is 11.8. The van der Waals surface area contributed by atoms with Crippen LogP contribution in [0.2, 0.25) is 5.02 Å². The highest BCUT2D eigenvalue weighted by molar-refractivity contribution is 6.30. The number of carbonyl (C=O) groups is 1. The van der Waals surface area contributed by atoms with Gasteiger partial charge in [0.25, 0.3) is 6.47 Å². The van der Waals surface area contributed by atoms with E-state index in [1.807, 2.05) is 26.0 Å². The topological polar surface area (TPSA) is 73.1 Å². The molecule has 2 aromatic rings. The molecule has 0 spiro atoms. The van der Waals surface area contributed by atoms with Gasteiger partial charge in [-0.25, -0.2) is 0 Å². The van der Waals surface area contributed by atoms with Crippen molar-refractivity contribution in [2.75, 3.05) is 51.2 Å². The molecular weight excluding hydrogens is 392 g/mol. The summed E-state index contributed by atoms with van der Waals surface area (Å²) in [5.41, 5.74) is 3.46. The van der Waals surface area contributed by atoms with Crippen molar-refractivity contribution in [1.82, 2.24) is 15.0 Å². The van der Waals surface area contributed by atoms with E-state index in [0.717, 1.165) is 62.3 Å². The molecule has 8 heteroatoms. The van der Waals surface area contributed by atoms with Crippen LogP contribution < -0.4 is 4.90 Å². The second-order valence-electron chi connectivity index (χ2n) is 7.31. The lowest BCUT2D eigenvalue weighted by Crippen LogP contribution is -2.47. The number of nitrogens with zero attached hydrogens (tertiary/aromatic N) is 4. The summed E-state index contributed by atoms with van der Waals surface area (Å²) in [4.78, 5) is 15.7. The van der Waals surface area contributed by atoms with E-state index in [2.05, 4.69) is 39.0 Å². The number of aryl methyl sites for hydroxylation is 2. The third-order valence-electron chi connectivity index (χ3n) is 5.17. The molecule has 1 aliphatic heterocycles. The molecule has 1 aromatic heterocycles. The van der Waals surface area contributed by atoms with Crippen LogP contribution in [0.5, 0.6) is 0 Å². The Hall–Kier alpha value is -2.09. The molecule has 0 aliphatic carbocycles. The third kappa shape index (κ3) is 7.34. The van der Waals surface area contributed by atoms with Crippen LogP contribution in [0, 0.1) is 13.8 Å². The molecule has 0 atom stereocenters. The van der Waals surface area contributed by atoms with Crippen molar-refractivity contribution in [2.24, 2.45) is 0 Å². The van der Waals surface area contributed by atoms with Crippen molar-refractivity contribution in [3.63, 3.8) is 0 Å². The Morgan fingerprint density at radius 1 is 1.28 bits per heavy atom. The van der Waals surface area contributed by atoms with Crippen LogP contribution in [0.15, 0.2) is 28.8 Å². The summed E-state index contributed by atoms with van der Waals surface area (Å²) < 4.78 is 5.25. The number of carboxylic acid groups (broad SMARTS) is 1. The average Bonchev–Trinajstić information content (AvgIpc) is 3.01. The number of aromatic nitrogens is 1. The van der Waals surface area contributed by atoms with Gasteiger partial charge in [-0.05, 0) is 58.6 Å². The lowest BCUT2D eigenvalue weighted by molar-refractivity contribution is -0.122. The number of piperazine rings is 1. The second-order valence-corrected chi connectivity index (χ2v) is 7.74. The Labute approximate surface area is 177 Å². The van der Waals surface area contributed by atoms with E-state index in [9.17, 15) is 0 Å². The van der Waals surface area contributed by atoms with E-state index in [-0.39, 0.29) is 6.47 Å². The summed E-state index contributed by atoms with van der Waals surface area (Å²) in [5, 5.41) is 11.7. The molecule has 7 nitrogen and oxygen atoms in total. The Bertz CT molecular complexity index is 741. The molecule has 0 unspecified atom stereocenters. The molecule has 2 heterocycles. The van der Waals surface area contributed by atoms with Crippen LogP contribution >= 0.6 is 11.6 Å². The summed E-state index contributed by atoms with van der Waals surface area (Å²) in [6.07, 6.45) is 1.18. The molecule has 0 amide bonds. The lowest BCUT2D eigenvalue weighted by Gasteiger charge is -2.36. The van der Waals surface area contributed by atoms with Crippen molar-refractivity contribution >= 4 is 23.8 Å². The van der Waals surface area contributed by atoms with Gasteiger partial charge in [0.1, 0.15) is 5.76 Å². The number of hydrogen-bond donors (Lipinski definition) is 1. The molecule has 0 saturated carbocycles. The standard InChI is InChI=1S/C20H29ClN4O.CH2O2/c1-16-20(17(2)26-22-16)15-23(3)8-5-9-24-10-12-25(13-11-24)19-7-4-6-18(21)14-19;2-1-3/h4,6-7,14H,5,8-13,15H2,1-3H3;1H,(H,2,3). The molecule has 0 radical (unpaired) electrons. The fraction of sp³-hybridized carbons (Fsp3) is 0.524. The van der Waals surface area contributed by atoms with Gasteiger partial charge in [0, 0.05) is 49.0 Å². The molecule has 29 heavy (non-hydrogen) atoms. The zero-order valence-electron chi connectivity index (χ0n) is 17.5. The van der Waals surface area contributed by atoms with Gasteiger partial charge in [-0.1, -0.05) is 22.8 Å². The number of anilines is 1. The normalized spacial score (nSPS) is 14.6. The maximum Gasteiger partial charge on any atom is 0.290 e. The smallest absolute Gasteiger partial charge is 0.290 e. The molecule has 1 N–H and O–H groups in total. The fourth-order valence-corrected chi connectivity index (χ4v) is 3.73. The first kappa shape index (κ1) is 23.2. The Kier molecular flexibility index (Phi) is 9.44. The van der Waals surface area contributed by atoms with Crippen LogP contribution in [0.3, 0.4) is 0 Å². The molecule has 1 saturated heterocycles. The summed E-state index contributed by atoms with van der Waals surface area (Å²) >= 11 is 6.11. The van der Waals surface area contributed by atoms with Gasteiger partial charge in [0.15, 0.2) is 0 Å². The molecule has 160 valence electrons. The maximum absolute atomic E-state index is 8.36. The van der Waals surface area contributed by atoms with E-state index in [1.54, 1.807) is 0 Å². The van der Waals surface area contributed by atoms with E-state index in [4.69, 9.17) is 26.0 Å². The van der Waals surface area contributed by atoms with E-state index in [0.29, 0.717) is 0 Å². The zero-order valence-corrected chi connectivity index (χ0v) is 18.2. The largest absolute Gasteiger partial charge is 0.483 e. The van der Waals surface area contributed by atoms with Gasteiger partial charge in [-0.2, -0.15) is 0 Å². The highest BCUT2D eigenvalue weighted by Crippen LogP contribution is 2.21. The summed E-state index contributed by atoms with van der Waals surface area (Å²) in [7, 11) is 2.17. The molecule has 3 rings (SSSR count). The van der Waals surface area contributed by atoms with Gasteiger partial charge in [0.05, 0.1) is 5.69 Å². The van der Waals surface area contributed by atoms with Gasteiger partial charge in [0.2, 0.25) is 0 Å². The van der Waals surface area contributed by atoms with Crippen molar-refractivity contribution in [3.8, 4) is 0 Å². The number of halogens is 1. The highest BCUT2D eigenvalue weighted by Gasteiger charge is 2.17. The molecule has 0 bridgehead atoms. The minimum atomic E-state index is -0.250. The summed E-state index contributed by atoms with van der Waals surface area (Å²) in [6.45, 7) is 11.2. The van der Waals surface area contributed by atoms with Crippen molar-refractivity contribution in [1.29, 1.82) is 0 Å². The lowest BCUT2D eigenvalue weighted by atomic mass is 10.2. The average molecular weight is 423 g/mol. The maximum atomic E-state index is 8.36. The SMILES string of the molecule is Cc1noc(C)c1CN(C)CCCN1CCN(c2cccc(Cl)c2)CC1.O=CO. The monoisotopic (exact) mass is 422 g/mol. The van der Waals surface area contributed by atoms with Gasteiger partial charge in [-0.3, -0.25) is 9.69 Å². The van der Waals surface area contributed by atoms with Gasteiger partial charge >= 0.3 is 0 Å². The quantitative estimate of drug-likeness (QED) is 0.686.